The molecule has 0 N–H and O–H groups in total. The van der Waals surface area contributed by atoms with Crippen molar-refractivity contribution in [3.05, 3.63) is 77.5 Å². The number of nitrogens with zero attached hydrogens (tertiary/aromatic N) is 8. The summed E-state index contributed by atoms with van der Waals surface area (Å²) in [6.45, 7) is 8.89. The van der Waals surface area contributed by atoms with Crippen molar-refractivity contribution in [2.75, 3.05) is 18.0 Å². The molecule has 1 amide bonds. The maximum absolute atomic E-state index is 14.2. The molecule has 0 radical (unpaired) electrons. The molecule has 2 aliphatic rings. The Labute approximate surface area is 223 Å². The molecule has 198 valence electrons. The van der Waals surface area contributed by atoms with Gasteiger partial charge in [-0.15, -0.1) is 0 Å². The molecule has 2 aliphatic heterocycles. The number of benzene rings is 1. The van der Waals surface area contributed by atoms with Gasteiger partial charge in [0.15, 0.2) is 23.2 Å². The van der Waals surface area contributed by atoms with Crippen LogP contribution in [0.1, 0.15) is 42.5 Å². The van der Waals surface area contributed by atoms with Crippen LogP contribution >= 0.6 is 0 Å². The molecule has 39 heavy (non-hydrogen) atoms. The lowest BCUT2D eigenvalue weighted by atomic mass is 10.1. The van der Waals surface area contributed by atoms with E-state index in [0.29, 0.717) is 47.6 Å². The number of aromatic nitrogens is 5. The fourth-order valence-electron chi connectivity index (χ4n) is 4.95. The van der Waals surface area contributed by atoms with Crippen LogP contribution in [0.15, 0.2) is 53.9 Å². The van der Waals surface area contributed by atoms with Crippen molar-refractivity contribution in [1.82, 2.24) is 29.4 Å². The molecule has 0 spiro atoms. The predicted molar refractivity (Wildman–Crippen MR) is 142 cm³/mol. The van der Waals surface area contributed by atoms with Gasteiger partial charge in [-0.2, -0.15) is 0 Å². The first-order valence-electron chi connectivity index (χ1n) is 12.6. The summed E-state index contributed by atoms with van der Waals surface area (Å²) in [7, 11) is 0. The molecule has 9 nitrogen and oxygen atoms in total. The summed E-state index contributed by atoms with van der Waals surface area (Å²) in [5, 5.41) is 0. The molecular formula is C28H26F2N8O. The lowest BCUT2D eigenvalue weighted by Gasteiger charge is -2.34. The zero-order chi connectivity index (χ0) is 27.5. The first-order chi connectivity index (χ1) is 18.6. The van der Waals surface area contributed by atoms with Gasteiger partial charge in [-0.25, -0.2) is 28.7 Å². The zero-order valence-corrected chi connectivity index (χ0v) is 22.0. The summed E-state index contributed by atoms with van der Waals surface area (Å²) in [6.07, 6.45) is 4.99. The summed E-state index contributed by atoms with van der Waals surface area (Å²) in [6, 6.07) is 7.55. The van der Waals surface area contributed by atoms with Crippen molar-refractivity contribution in [1.29, 1.82) is 0 Å². The van der Waals surface area contributed by atoms with Crippen LogP contribution in [0.4, 0.5) is 14.6 Å². The fraction of sp³-hybridized carbons (Fsp3) is 0.286. The van der Waals surface area contributed by atoms with Gasteiger partial charge in [0, 0.05) is 36.4 Å². The average molecular weight is 529 g/mol. The summed E-state index contributed by atoms with van der Waals surface area (Å²) in [4.78, 5) is 40.2. The molecule has 0 fully saturated rings. The summed E-state index contributed by atoms with van der Waals surface area (Å²) < 4.78 is 29.7. The van der Waals surface area contributed by atoms with Gasteiger partial charge in [-0.1, -0.05) is 6.07 Å². The first-order valence-corrected chi connectivity index (χ1v) is 12.6. The number of rotatable bonds is 5. The standard InChI is InChI=1S/C28H26F2N8O/c1-5-36-26(39)22-25(38-15-28(3,4)35-27(36)38)37(14-17-7-9-20(29)21(30)10-17)24(34-22)19-12-32-23(33-13-19)18-8-6-16(2)31-11-18/h6-13H,5,14-15H2,1-4H3. The number of fused-ring (bicyclic) bond motifs is 3. The molecule has 0 saturated heterocycles. The van der Waals surface area contributed by atoms with Gasteiger partial charge in [0.2, 0.25) is 5.96 Å². The number of amides is 1. The second-order valence-electron chi connectivity index (χ2n) is 10.3. The van der Waals surface area contributed by atoms with Crippen molar-refractivity contribution in [3.8, 4) is 22.8 Å². The van der Waals surface area contributed by atoms with E-state index < -0.39 is 17.2 Å². The Hall–Kier alpha value is -4.54. The Balaban J connectivity index is 1.50. The number of pyridine rings is 1. The Morgan fingerprint density at radius 3 is 2.38 bits per heavy atom. The highest BCUT2D eigenvalue weighted by molar-refractivity contribution is 6.18. The van der Waals surface area contributed by atoms with Crippen molar-refractivity contribution >= 4 is 17.7 Å². The highest BCUT2D eigenvalue weighted by Crippen LogP contribution is 2.38. The minimum atomic E-state index is -0.944. The van der Waals surface area contributed by atoms with Gasteiger partial charge >= 0.3 is 0 Å². The summed E-state index contributed by atoms with van der Waals surface area (Å²) >= 11 is 0. The number of guanidine groups is 1. The molecule has 1 aromatic carbocycles. The molecule has 0 saturated carbocycles. The summed E-state index contributed by atoms with van der Waals surface area (Å²) in [5.74, 6) is -0.0935. The number of anilines is 1. The molecule has 3 aromatic heterocycles. The molecule has 0 aliphatic carbocycles. The third-order valence-electron chi connectivity index (χ3n) is 6.80. The quantitative estimate of drug-likeness (QED) is 0.380. The van der Waals surface area contributed by atoms with Gasteiger partial charge in [0.1, 0.15) is 11.6 Å². The van der Waals surface area contributed by atoms with Gasteiger partial charge in [-0.3, -0.25) is 19.6 Å². The molecular weight excluding hydrogens is 502 g/mol. The topological polar surface area (TPSA) is 92.4 Å². The molecule has 0 atom stereocenters. The van der Waals surface area contributed by atoms with Crippen molar-refractivity contribution < 1.29 is 13.6 Å². The highest BCUT2D eigenvalue weighted by Gasteiger charge is 2.45. The maximum Gasteiger partial charge on any atom is 0.283 e. The lowest BCUT2D eigenvalue weighted by Crippen LogP contribution is -2.51. The summed E-state index contributed by atoms with van der Waals surface area (Å²) in [5.41, 5.74) is 2.57. The Morgan fingerprint density at radius 2 is 1.72 bits per heavy atom. The largest absolute Gasteiger partial charge is 0.305 e. The monoisotopic (exact) mass is 528 g/mol. The van der Waals surface area contributed by atoms with Crippen LogP contribution < -0.4 is 4.90 Å². The minimum Gasteiger partial charge on any atom is -0.305 e. The van der Waals surface area contributed by atoms with Crippen molar-refractivity contribution in [2.45, 2.75) is 39.8 Å². The Kier molecular flexibility index (Phi) is 5.74. The van der Waals surface area contributed by atoms with Crippen LogP contribution in [-0.4, -0.2) is 59.9 Å². The highest BCUT2D eigenvalue weighted by atomic mass is 19.2. The number of aryl methyl sites for hydroxylation is 1. The lowest BCUT2D eigenvalue weighted by molar-refractivity contribution is 0.0841. The van der Waals surface area contributed by atoms with E-state index in [1.165, 1.54) is 6.07 Å². The van der Waals surface area contributed by atoms with Crippen LogP contribution in [0, 0.1) is 18.6 Å². The van der Waals surface area contributed by atoms with Gasteiger partial charge < -0.3 is 4.57 Å². The van der Waals surface area contributed by atoms with Crippen molar-refractivity contribution in [2.24, 2.45) is 4.99 Å². The van der Waals surface area contributed by atoms with E-state index in [4.69, 9.17) is 9.98 Å². The smallest absolute Gasteiger partial charge is 0.283 e. The second-order valence-corrected chi connectivity index (χ2v) is 10.3. The normalized spacial score (nSPS) is 15.8. The predicted octanol–water partition coefficient (Wildman–Crippen LogP) is 4.47. The van der Waals surface area contributed by atoms with Crippen LogP contribution in [-0.2, 0) is 6.54 Å². The third kappa shape index (κ3) is 4.23. The van der Waals surface area contributed by atoms with E-state index in [0.717, 1.165) is 23.4 Å². The molecule has 4 aromatic rings. The number of hydrogen-bond donors (Lipinski definition) is 0. The Bertz CT molecular complexity index is 1630. The van der Waals surface area contributed by atoms with Crippen LogP contribution in [0.5, 0.6) is 0 Å². The number of halogens is 2. The number of carbonyl (C=O) groups is 1. The van der Waals surface area contributed by atoms with Gasteiger partial charge in [0.05, 0.1) is 24.2 Å². The van der Waals surface area contributed by atoms with Crippen LogP contribution in [0.25, 0.3) is 22.8 Å². The average Bonchev–Trinajstić information content (AvgIpc) is 3.44. The first kappa shape index (κ1) is 24.8. The second kappa shape index (κ2) is 9.04. The van der Waals surface area contributed by atoms with Crippen LogP contribution in [0.2, 0.25) is 0 Å². The fourth-order valence-corrected chi connectivity index (χ4v) is 4.95. The third-order valence-corrected chi connectivity index (χ3v) is 6.80. The number of imidazole rings is 1. The van der Waals surface area contributed by atoms with E-state index in [2.05, 4.69) is 15.0 Å². The SMILES string of the molecule is CCN1C(=O)c2nc(-c3cnc(-c4ccc(C)nc4)nc3)n(Cc3ccc(F)c(F)c3)c2N2CC(C)(C)N=C12. The van der Waals surface area contributed by atoms with E-state index in [9.17, 15) is 13.6 Å². The van der Waals surface area contributed by atoms with Crippen molar-refractivity contribution in [3.63, 3.8) is 0 Å². The zero-order valence-electron chi connectivity index (χ0n) is 22.0. The van der Waals surface area contributed by atoms with Gasteiger partial charge in [0.25, 0.3) is 5.91 Å². The molecule has 0 bridgehead atoms. The Morgan fingerprint density at radius 1 is 0.974 bits per heavy atom. The van der Waals surface area contributed by atoms with Gasteiger partial charge in [-0.05, 0) is 57.5 Å². The number of hydrogen-bond acceptors (Lipinski definition) is 7. The molecule has 5 heterocycles. The number of carbonyl (C=O) groups excluding carboxylic acids is 1. The van der Waals surface area contributed by atoms with E-state index in [1.807, 2.05) is 49.3 Å². The number of aliphatic imine (C=N–C) groups is 1. The van der Waals surface area contributed by atoms with Crippen LogP contribution in [0.3, 0.4) is 0 Å². The van der Waals surface area contributed by atoms with E-state index >= 15 is 0 Å². The molecule has 6 rings (SSSR count). The molecule has 0 unspecified atom stereocenters. The van der Waals surface area contributed by atoms with E-state index in [1.54, 1.807) is 23.5 Å². The minimum absolute atomic E-state index is 0.141. The van der Waals surface area contributed by atoms with E-state index in [-0.39, 0.29) is 18.1 Å². The molecule has 11 heteroatoms. The maximum atomic E-state index is 14.2.